The maximum absolute atomic E-state index is 12.6. The summed E-state index contributed by atoms with van der Waals surface area (Å²) >= 11 is 5.72. The number of aromatic nitrogens is 2. The zero-order valence-corrected chi connectivity index (χ0v) is 22.9. The monoisotopic (exact) mass is 569 g/mol. The maximum atomic E-state index is 12.6. The van der Waals surface area contributed by atoms with E-state index in [1.165, 1.54) is 7.11 Å². The van der Waals surface area contributed by atoms with Crippen LogP contribution in [-0.4, -0.2) is 46.4 Å². The summed E-state index contributed by atoms with van der Waals surface area (Å²) in [5.74, 6) is -0.0488. The number of hydrogen-bond acceptors (Lipinski definition) is 5. The van der Waals surface area contributed by atoms with Crippen molar-refractivity contribution < 1.29 is 27.5 Å². The molecule has 1 heterocycles. The van der Waals surface area contributed by atoms with Gasteiger partial charge in [0.2, 0.25) is 0 Å². The molecule has 11 heteroatoms. The molecule has 1 N–H and O–H groups in total. The molecule has 1 atom stereocenters. The van der Waals surface area contributed by atoms with Crippen LogP contribution in [0.4, 0.5) is 13.2 Å². The van der Waals surface area contributed by atoms with Crippen molar-refractivity contribution in [2.45, 2.75) is 51.1 Å². The number of benzene rings is 2. The van der Waals surface area contributed by atoms with Crippen LogP contribution < -0.4 is 10.1 Å². The number of alkyl halides is 3. The molecule has 1 aromatic heterocycles. The van der Waals surface area contributed by atoms with Crippen molar-refractivity contribution in [3.63, 3.8) is 0 Å². The molecule has 0 aliphatic heterocycles. The minimum absolute atomic E-state index is 0.0919. The lowest BCUT2D eigenvalue weighted by atomic mass is 9.95. The van der Waals surface area contributed by atoms with Gasteiger partial charge in [-0.1, -0.05) is 24.9 Å². The number of carbonyl (C=O) groups excluding carboxylic acids is 2. The maximum Gasteiger partial charge on any atom is 0.441 e. The molecule has 38 heavy (non-hydrogen) atoms. The van der Waals surface area contributed by atoms with E-state index in [0.29, 0.717) is 46.1 Å². The molecule has 0 radical (unpaired) electrons. The highest BCUT2D eigenvalue weighted by atomic mass is 35.5. The third-order valence-electron chi connectivity index (χ3n) is 6.11. The molecule has 0 aliphatic carbocycles. The van der Waals surface area contributed by atoms with Gasteiger partial charge in [-0.05, 0) is 73.3 Å². The molecule has 0 bridgehead atoms. The van der Waals surface area contributed by atoms with Crippen molar-refractivity contribution in [1.29, 1.82) is 0 Å². The lowest BCUT2D eigenvalue weighted by Crippen LogP contribution is -2.27. The summed E-state index contributed by atoms with van der Waals surface area (Å²) in [6.07, 6.45) is 5.88. The average Bonchev–Trinajstić information content (AvgIpc) is 3.28. The summed E-state index contributed by atoms with van der Waals surface area (Å²) in [5.41, 5.74) is -2.79. The normalized spacial score (nSPS) is 12.5. The topological polar surface area (TPSA) is 73.2 Å². The Labute approximate surface area is 229 Å². The number of amides is 1. The lowest BCUT2D eigenvalue weighted by molar-refractivity contribution is -0.0327. The highest BCUT2D eigenvalue weighted by molar-refractivity contribution is 8.00. The zero-order valence-electron chi connectivity index (χ0n) is 21.3. The Hall–Kier alpha value is -2.72. The van der Waals surface area contributed by atoms with Gasteiger partial charge in [-0.2, -0.15) is 18.3 Å². The molecule has 3 aromatic rings. The first-order valence-electron chi connectivity index (χ1n) is 12.4. The Bertz CT molecular complexity index is 1230. The Morgan fingerprint density at radius 3 is 2.55 bits per heavy atom. The van der Waals surface area contributed by atoms with Crippen LogP contribution in [0.1, 0.15) is 59.7 Å². The Morgan fingerprint density at radius 1 is 1.16 bits per heavy atom. The summed E-state index contributed by atoms with van der Waals surface area (Å²) in [5, 5.41) is 8.40. The molecule has 3 rings (SSSR count). The van der Waals surface area contributed by atoms with Crippen LogP contribution in [0.15, 0.2) is 42.6 Å². The van der Waals surface area contributed by atoms with Gasteiger partial charge in [0.05, 0.1) is 23.6 Å². The molecule has 0 spiro atoms. The smallest absolute Gasteiger partial charge is 0.441 e. The third-order valence-corrected chi connectivity index (χ3v) is 7.10. The molecular weight excluding hydrogens is 539 g/mol. The van der Waals surface area contributed by atoms with Crippen LogP contribution in [0.2, 0.25) is 5.02 Å². The highest BCUT2D eigenvalue weighted by Gasteiger charge is 2.27. The number of nitrogens with zero attached hydrogens (tertiary/aromatic N) is 2. The second-order valence-electron chi connectivity index (χ2n) is 8.96. The number of methoxy groups -OCH3 is 1. The van der Waals surface area contributed by atoms with Gasteiger partial charge in [0.1, 0.15) is 5.75 Å². The van der Waals surface area contributed by atoms with Crippen LogP contribution in [0, 0.1) is 5.92 Å². The van der Waals surface area contributed by atoms with Gasteiger partial charge in [-0.15, -0.1) is 0 Å². The largest absolute Gasteiger partial charge is 0.495 e. The number of carbonyl (C=O) groups is 2. The van der Waals surface area contributed by atoms with Crippen molar-refractivity contribution in [3.05, 3.63) is 58.7 Å². The van der Waals surface area contributed by atoms with Crippen molar-refractivity contribution in [3.8, 4) is 5.75 Å². The number of fused-ring (bicyclic) bond motifs is 1. The SMILES string of the molecule is CCCC(CCCC(=O)c1ccc(Cl)cc1)Cn1cc2c(OC)c(C(=O)NCCSC(F)(F)F)ccc2n1. The number of ketones is 1. The molecule has 0 fully saturated rings. The van der Waals surface area contributed by atoms with Gasteiger partial charge in [0, 0.05) is 42.0 Å². The fraction of sp³-hybridized carbons (Fsp3) is 0.444. The van der Waals surface area contributed by atoms with Crippen LogP contribution >= 0.6 is 23.4 Å². The van der Waals surface area contributed by atoms with E-state index < -0.39 is 11.4 Å². The van der Waals surface area contributed by atoms with Crippen molar-refractivity contribution in [2.24, 2.45) is 5.92 Å². The van der Waals surface area contributed by atoms with E-state index in [2.05, 4.69) is 17.3 Å². The fourth-order valence-corrected chi connectivity index (χ4v) is 4.93. The standard InChI is InChI=1S/C27H31ClF3N3O3S/c1-3-5-18(6-4-7-24(35)19-8-10-20(28)11-9-19)16-34-17-22-23(33-34)13-12-21(25(22)37-2)26(36)32-14-15-38-27(29,30)31/h8-13,17-18H,3-7,14-16H2,1-2H3,(H,32,36). The fourth-order valence-electron chi connectivity index (χ4n) is 4.37. The number of rotatable bonds is 14. The Morgan fingerprint density at radius 2 is 1.89 bits per heavy atom. The first-order valence-corrected chi connectivity index (χ1v) is 13.8. The number of halogens is 4. The van der Waals surface area contributed by atoms with Gasteiger partial charge in [-0.25, -0.2) is 0 Å². The van der Waals surface area contributed by atoms with Crippen LogP contribution in [0.5, 0.6) is 5.75 Å². The predicted octanol–water partition coefficient (Wildman–Crippen LogP) is 7.15. The number of nitrogens with one attached hydrogen (secondary N) is 1. The Balaban J connectivity index is 1.64. The minimum Gasteiger partial charge on any atom is -0.495 e. The summed E-state index contributed by atoms with van der Waals surface area (Å²) in [7, 11) is 1.44. The first kappa shape index (κ1) is 29.8. The minimum atomic E-state index is -4.34. The molecule has 1 amide bonds. The van der Waals surface area contributed by atoms with Gasteiger partial charge in [0.25, 0.3) is 5.91 Å². The van der Waals surface area contributed by atoms with E-state index in [1.54, 1.807) is 36.4 Å². The van der Waals surface area contributed by atoms with Gasteiger partial charge >= 0.3 is 5.51 Å². The van der Waals surface area contributed by atoms with E-state index in [0.717, 1.165) is 25.7 Å². The molecule has 0 saturated heterocycles. The van der Waals surface area contributed by atoms with Crippen LogP contribution in [-0.2, 0) is 6.54 Å². The van der Waals surface area contributed by atoms with Crippen molar-refractivity contribution in [1.82, 2.24) is 15.1 Å². The summed E-state index contributed by atoms with van der Waals surface area (Å²) in [6.45, 7) is 2.65. The highest BCUT2D eigenvalue weighted by Crippen LogP contribution is 2.31. The number of thioether (sulfide) groups is 1. The number of ether oxygens (including phenoxy) is 1. The number of hydrogen-bond donors (Lipinski definition) is 1. The summed E-state index contributed by atoms with van der Waals surface area (Å²) < 4.78 is 44.3. The van der Waals surface area contributed by atoms with Crippen LogP contribution in [0.25, 0.3) is 10.9 Å². The zero-order chi connectivity index (χ0) is 27.7. The lowest BCUT2D eigenvalue weighted by Gasteiger charge is -2.16. The van der Waals surface area contributed by atoms with E-state index in [1.807, 2.05) is 10.9 Å². The quantitative estimate of drug-likeness (QED) is 0.165. The van der Waals surface area contributed by atoms with E-state index in [9.17, 15) is 22.8 Å². The molecular formula is C27H31ClF3N3O3S. The Kier molecular flexibility index (Phi) is 10.9. The molecule has 0 aliphatic rings. The third kappa shape index (κ3) is 8.66. The second-order valence-corrected chi connectivity index (χ2v) is 10.6. The number of Topliss-reactive ketones (excluding diaryl/α,β-unsaturated/α-hetero) is 1. The second kappa shape index (κ2) is 13.9. The molecule has 206 valence electrons. The van der Waals surface area contributed by atoms with Crippen molar-refractivity contribution in [2.75, 3.05) is 19.4 Å². The van der Waals surface area contributed by atoms with Gasteiger partial charge in [-0.3, -0.25) is 14.3 Å². The first-order chi connectivity index (χ1) is 18.1. The van der Waals surface area contributed by atoms with Gasteiger partial charge in [0.15, 0.2) is 5.78 Å². The molecule has 0 saturated carbocycles. The predicted molar refractivity (Wildman–Crippen MR) is 145 cm³/mol. The average molecular weight is 570 g/mol. The molecule has 2 aromatic carbocycles. The summed E-state index contributed by atoms with van der Waals surface area (Å²) in [6, 6.07) is 10.2. The van der Waals surface area contributed by atoms with E-state index >= 15 is 0 Å². The summed E-state index contributed by atoms with van der Waals surface area (Å²) in [4.78, 5) is 25.1. The van der Waals surface area contributed by atoms with Gasteiger partial charge < -0.3 is 10.1 Å². The van der Waals surface area contributed by atoms with E-state index in [-0.39, 0.29) is 35.4 Å². The van der Waals surface area contributed by atoms with E-state index in [4.69, 9.17) is 16.3 Å². The van der Waals surface area contributed by atoms with Crippen LogP contribution in [0.3, 0.4) is 0 Å². The molecule has 6 nitrogen and oxygen atoms in total. The van der Waals surface area contributed by atoms with Crippen molar-refractivity contribution >= 4 is 46.0 Å². The molecule has 1 unspecified atom stereocenters.